The monoisotopic (exact) mass is 712 g/mol. The van der Waals surface area contributed by atoms with Gasteiger partial charge in [0.05, 0.1) is 62.3 Å². The molecule has 0 unspecified atom stereocenters. The number of rotatable bonds is 5. The molecule has 7 aromatic carbocycles. The number of fused-ring (bicyclic) bond motifs is 6. The molecule has 0 N–H and O–H groups in total. The quantitative estimate of drug-likeness (QED) is 0.177. The smallest absolute Gasteiger partial charge is 0.101 e. The van der Waals surface area contributed by atoms with Crippen molar-refractivity contribution in [1.29, 1.82) is 15.8 Å². The lowest BCUT2D eigenvalue weighted by Crippen LogP contribution is -2.04. The van der Waals surface area contributed by atoms with E-state index in [0.717, 1.165) is 88.4 Å². The first-order chi connectivity index (χ1) is 27.6. The maximum absolute atomic E-state index is 11.0. The second-order valence-electron chi connectivity index (χ2n) is 13.8. The summed E-state index contributed by atoms with van der Waals surface area (Å²) in [5.41, 5.74) is 13.6. The number of hydrogen-bond acceptors (Lipinski definition) is 4. The summed E-state index contributed by atoms with van der Waals surface area (Å²) in [5.74, 6) is 0. The molecule has 6 heteroatoms. The van der Waals surface area contributed by atoms with Crippen molar-refractivity contribution in [2.75, 3.05) is 0 Å². The Morgan fingerprint density at radius 3 is 1.34 bits per heavy atom. The van der Waals surface area contributed by atoms with Crippen molar-refractivity contribution >= 4 is 43.6 Å². The summed E-state index contributed by atoms with van der Waals surface area (Å²) >= 11 is 0. The molecular formula is C50H28N6. The summed E-state index contributed by atoms with van der Waals surface area (Å²) < 4.78 is 4.47. The number of hydrogen-bond donors (Lipinski definition) is 0. The summed E-state index contributed by atoms with van der Waals surface area (Å²) in [5, 5.41) is 34.0. The van der Waals surface area contributed by atoms with Gasteiger partial charge < -0.3 is 9.13 Å². The lowest BCUT2D eigenvalue weighted by Gasteiger charge is -2.19. The molecule has 0 saturated heterocycles. The van der Waals surface area contributed by atoms with E-state index in [-0.39, 0.29) is 0 Å². The van der Waals surface area contributed by atoms with Gasteiger partial charge >= 0.3 is 0 Å². The zero-order valence-corrected chi connectivity index (χ0v) is 29.8. The zero-order valence-electron chi connectivity index (χ0n) is 29.8. The third-order valence-electron chi connectivity index (χ3n) is 10.7. The van der Waals surface area contributed by atoms with Gasteiger partial charge in [0.1, 0.15) is 6.07 Å². The first-order valence-corrected chi connectivity index (χ1v) is 18.2. The first-order valence-electron chi connectivity index (χ1n) is 18.2. The molecular weight excluding hydrogens is 685 g/mol. The highest BCUT2D eigenvalue weighted by Gasteiger charge is 2.22. The van der Waals surface area contributed by atoms with Crippen molar-refractivity contribution in [2.45, 2.75) is 0 Å². The Bertz CT molecular complexity index is 3310. The van der Waals surface area contributed by atoms with Crippen molar-refractivity contribution in [1.82, 2.24) is 14.1 Å². The van der Waals surface area contributed by atoms with Gasteiger partial charge in [-0.1, -0.05) is 72.8 Å². The van der Waals surface area contributed by atoms with E-state index in [4.69, 9.17) is 0 Å². The van der Waals surface area contributed by atoms with E-state index >= 15 is 0 Å². The van der Waals surface area contributed by atoms with E-state index in [2.05, 4.69) is 111 Å². The molecule has 258 valence electrons. The van der Waals surface area contributed by atoms with Crippen molar-refractivity contribution in [3.63, 3.8) is 0 Å². The van der Waals surface area contributed by atoms with Gasteiger partial charge in [-0.3, -0.25) is 4.98 Å². The molecule has 0 fully saturated rings. The van der Waals surface area contributed by atoms with Gasteiger partial charge in [0.2, 0.25) is 0 Å². The first kappa shape index (κ1) is 32.4. The molecule has 3 aromatic heterocycles. The Morgan fingerprint density at radius 2 is 0.839 bits per heavy atom. The van der Waals surface area contributed by atoms with Crippen LogP contribution in [0.1, 0.15) is 16.7 Å². The van der Waals surface area contributed by atoms with Crippen LogP contribution in [0.4, 0.5) is 0 Å². The average molecular weight is 713 g/mol. The molecule has 10 aromatic rings. The zero-order chi connectivity index (χ0) is 37.8. The van der Waals surface area contributed by atoms with Crippen LogP contribution in [0.5, 0.6) is 0 Å². The molecule has 56 heavy (non-hydrogen) atoms. The van der Waals surface area contributed by atoms with Gasteiger partial charge in [-0.25, -0.2) is 0 Å². The van der Waals surface area contributed by atoms with Crippen LogP contribution in [0.25, 0.3) is 88.4 Å². The minimum Gasteiger partial charge on any atom is -0.309 e. The Kier molecular flexibility index (Phi) is 7.53. The molecule has 0 aliphatic carbocycles. The van der Waals surface area contributed by atoms with Crippen LogP contribution in [0.2, 0.25) is 0 Å². The van der Waals surface area contributed by atoms with E-state index in [1.807, 2.05) is 78.9 Å². The Morgan fingerprint density at radius 1 is 0.375 bits per heavy atom. The lowest BCUT2D eigenvalue weighted by molar-refractivity contribution is 1.13. The van der Waals surface area contributed by atoms with Gasteiger partial charge in [0.25, 0.3) is 0 Å². The third kappa shape index (κ3) is 5.12. The largest absolute Gasteiger partial charge is 0.309 e. The number of pyridine rings is 1. The molecule has 0 saturated carbocycles. The lowest BCUT2D eigenvalue weighted by atomic mass is 9.99. The van der Waals surface area contributed by atoms with E-state index in [1.54, 1.807) is 12.4 Å². The van der Waals surface area contributed by atoms with Crippen molar-refractivity contribution in [3.05, 3.63) is 187 Å². The highest BCUT2D eigenvalue weighted by molar-refractivity contribution is 6.12. The summed E-state index contributed by atoms with van der Waals surface area (Å²) in [6.07, 6.45) is 3.61. The van der Waals surface area contributed by atoms with Crippen molar-refractivity contribution < 1.29 is 0 Å². The number of benzene rings is 7. The SMILES string of the molecule is N#Cc1ccc(-c2ccc3c(c2)c2ccccc2n3-c2cc(-c3ccncc3)c(-n3c4ccccc4c4cc(-c5ccc(C#N)cc5)ccc43)cc2C#N)cc1. The van der Waals surface area contributed by atoms with Gasteiger partial charge in [0.15, 0.2) is 0 Å². The standard InChI is InChI=1S/C50H28N6/c51-29-32-9-13-34(14-10-32)37-17-19-47-43(25-37)40-5-1-3-7-45(40)55(47)49-28-42(36-21-23-54-24-22-36)50(27-39(49)31-53)56-46-8-4-2-6-41(46)44-26-38(18-20-48(44)56)35-15-11-33(30-52)12-16-35/h1-28H. The maximum atomic E-state index is 11.0. The van der Waals surface area contributed by atoms with E-state index in [0.29, 0.717) is 16.7 Å². The Hall–Kier alpha value is -8.24. The number of aromatic nitrogens is 3. The molecule has 6 nitrogen and oxygen atoms in total. The van der Waals surface area contributed by atoms with Crippen LogP contribution in [0.15, 0.2) is 170 Å². The molecule has 0 spiro atoms. The third-order valence-corrected chi connectivity index (χ3v) is 10.7. The molecule has 0 amide bonds. The van der Waals surface area contributed by atoms with Gasteiger partial charge in [0, 0.05) is 39.5 Å². The maximum Gasteiger partial charge on any atom is 0.101 e. The van der Waals surface area contributed by atoms with E-state index in [1.165, 1.54) is 0 Å². The molecule has 0 bridgehead atoms. The fourth-order valence-corrected chi connectivity index (χ4v) is 8.10. The Balaban J connectivity index is 1.23. The van der Waals surface area contributed by atoms with Gasteiger partial charge in [-0.2, -0.15) is 15.8 Å². The van der Waals surface area contributed by atoms with Crippen molar-refractivity contribution in [2.24, 2.45) is 0 Å². The molecule has 10 rings (SSSR count). The van der Waals surface area contributed by atoms with Crippen LogP contribution in [0.3, 0.4) is 0 Å². The number of nitriles is 3. The Labute approximate surface area is 322 Å². The highest BCUT2D eigenvalue weighted by Crippen LogP contribution is 2.42. The summed E-state index contributed by atoms with van der Waals surface area (Å²) in [6.45, 7) is 0. The van der Waals surface area contributed by atoms with Crippen LogP contribution in [-0.2, 0) is 0 Å². The van der Waals surface area contributed by atoms with Crippen LogP contribution in [-0.4, -0.2) is 14.1 Å². The number of nitrogens with zero attached hydrogens (tertiary/aromatic N) is 6. The molecule has 0 radical (unpaired) electrons. The van der Waals surface area contributed by atoms with E-state index in [9.17, 15) is 15.8 Å². The fourth-order valence-electron chi connectivity index (χ4n) is 8.10. The van der Waals surface area contributed by atoms with Crippen LogP contribution >= 0.6 is 0 Å². The predicted octanol–water partition coefficient (Wildman–Crippen LogP) is 11.9. The second-order valence-corrected chi connectivity index (χ2v) is 13.8. The highest BCUT2D eigenvalue weighted by atomic mass is 15.0. The summed E-state index contributed by atoms with van der Waals surface area (Å²) in [4.78, 5) is 4.35. The van der Waals surface area contributed by atoms with Crippen LogP contribution in [0, 0.1) is 34.0 Å². The van der Waals surface area contributed by atoms with E-state index < -0.39 is 0 Å². The normalized spacial score (nSPS) is 11.2. The second kappa shape index (κ2) is 13.0. The molecule has 0 atom stereocenters. The van der Waals surface area contributed by atoms with Crippen LogP contribution < -0.4 is 0 Å². The topological polar surface area (TPSA) is 94.1 Å². The summed E-state index contributed by atoms with van der Waals surface area (Å²) in [7, 11) is 0. The summed E-state index contributed by atoms with van der Waals surface area (Å²) in [6, 6.07) is 60.1. The molecule has 3 heterocycles. The number of para-hydroxylation sites is 2. The fraction of sp³-hybridized carbons (Fsp3) is 0. The minimum absolute atomic E-state index is 0.539. The van der Waals surface area contributed by atoms with Crippen molar-refractivity contribution in [3.8, 4) is 63.0 Å². The van der Waals surface area contributed by atoms with Gasteiger partial charge in [-0.05, 0) is 113 Å². The van der Waals surface area contributed by atoms with Gasteiger partial charge in [-0.15, -0.1) is 0 Å². The minimum atomic E-state index is 0.539. The predicted molar refractivity (Wildman–Crippen MR) is 223 cm³/mol. The average Bonchev–Trinajstić information content (AvgIpc) is 3.78. The molecule has 0 aliphatic rings. The molecule has 0 aliphatic heterocycles.